The molecule has 3 rings (SSSR count). The summed E-state index contributed by atoms with van der Waals surface area (Å²) in [4.78, 5) is 32.5. The number of carboxylic acids is 1. The predicted molar refractivity (Wildman–Crippen MR) is 88.1 cm³/mol. The van der Waals surface area contributed by atoms with E-state index in [1.807, 2.05) is 6.92 Å². The number of carbonyl (C=O) groups is 2. The number of morpholine rings is 1. The van der Waals surface area contributed by atoms with Gasteiger partial charge in [0.15, 0.2) is 0 Å². The second-order valence-electron chi connectivity index (χ2n) is 6.56. The van der Waals surface area contributed by atoms with E-state index >= 15 is 0 Å². The Bertz CT molecular complexity index is 616. The van der Waals surface area contributed by atoms with Crippen molar-refractivity contribution in [1.82, 2.24) is 9.88 Å². The zero-order valence-corrected chi connectivity index (χ0v) is 13.9. The summed E-state index contributed by atoms with van der Waals surface area (Å²) in [6.07, 6.45) is 2.29. The molecule has 0 spiro atoms. The number of rotatable bonds is 3. The largest absolute Gasteiger partial charge is 0.481 e. The predicted octanol–water partition coefficient (Wildman–Crippen LogP) is 1.10. The van der Waals surface area contributed by atoms with Crippen molar-refractivity contribution in [1.29, 1.82) is 0 Å². The van der Waals surface area contributed by atoms with E-state index < -0.39 is 11.9 Å². The molecule has 1 amide bonds. The first-order valence-corrected chi connectivity index (χ1v) is 8.36. The molecular formula is C17H23N3O4. The van der Waals surface area contributed by atoms with Crippen LogP contribution < -0.4 is 4.90 Å². The van der Waals surface area contributed by atoms with Crippen LogP contribution in [-0.4, -0.2) is 66.3 Å². The Morgan fingerprint density at radius 2 is 2.04 bits per heavy atom. The topological polar surface area (TPSA) is 83.0 Å². The van der Waals surface area contributed by atoms with E-state index in [1.165, 1.54) is 0 Å². The van der Waals surface area contributed by atoms with Gasteiger partial charge in [-0.25, -0.2) is 4.98 Å². The Morgan fingerprint density at radius 3 is 2.75 bits per heavy atom. The van der Waals surface area contributed by atoms with Gasteiger partial charge in [-0.3, -0.25) is 9.59 Å². The molecule has 7 nitrogen and oxygen atoms in total. The molecule has 3 heterocycles. The van der Waals surface area contributed by atoms with Gasteiger partial charge in [-0.15, -0.1) is 0 Å². The van der Waals surface area contributed by atoms with Crippen LogP contribution in [0.4, 0.5) is 5.82 Å². The molecule has 1 N–H and O–H groups in total. The molecule has 2 atom stereocenters. The molecule has 24 heavy (non-hydrogen) atoms. The number of likely N-dealkylation sites (tertiary alicyclic amines) is 1. The molecule has 0 aliphatic carbocycles. The summed E-state index contributed by atoms with van der Waals surface area (Å²) in [5.74, 6) is -0.634. The average Bonchev–Trinajstić information content (AvgIpc) is 2.61. The summed E-state index contributed by atoms with van der Waals surface area (Å²) >= 11 is 0. The fraction of sp³-hybridized carbons (Fsp3) is 0.588. The molecule has 0 saturated carbocycles. The molecule has 2 aliphatic heterocycles. The third kappa shape index (κ3) is 3.51. The van der Waals surface area contributed by atoms with Crippen LogP contribution in [0.25, 0.3) is 0 Å². The second-order valence-corrected chi connectivity index (χ2v) is 6.56. The number of pyridine rings is 1. The highest BCUT2D eigenvalue weighted by Crippen LogP contribution is 2.26. The number of carboxylic acid groups (broad SMARTS) is 1. The number of nitrogens with zero attached hydrogens (tertiary/aromatic N) is 3. The third-order valence-corrected chi connectivity index (χ3v) is 4.62. The van der Waals surface area contributed by atoms with E-state index in [1.54, 1.807) is 23.2 Å². The van der Waals surface area contributed by atoms with Gasteiger partial charge >= 0.3 is 5.97 Å². The highest BCUT2D eigenvalue weighted by Gasteiger charge is 2.33. The summed E-state index contributed by atoms with van der Waals surface area (Å²) in [5, 5.41) is 9.31. The normalized spacial score (nSPS) is 24.7. The number of aromatic nitrogens is 1. The fourth-order valence-corrected chi connectivity index (χ4v) is 3.46. The lowest BCUT2D eigenvalue weighted by Gasteiger charge is -2.36. The van der Waals surface area contributed by atoms with Gasteiger partial charge in [0, 0.05) is 32.4 Å². The lowest BCUT2D eigenvalue weighted by molar-refractivity contribution is -0.143. The van der Waals surface area contributed by atoms with E-state index in [2.05, 4.69) is 9.88 Å². The first-order chi connectivity index (χ1) is 11.6. The minimum Gasteiger partial charge on any atom is -0.481 e. The van der Waals surface area contributed by atoms with Crippen molar-refractivity contribution >= 4 is 17.7 Å². The average molecular weight is 333 g/mol. The number of aliphatic carboxylic acids is 1. The minimum atomic E-state index is -0.834. The summed E-state index contributed by atoms with van der Waals surface area (Å²) in [6.45, 7) is 5.46. The summed E-state index contributed by atoms with van der Waals surface area (Å²) in [6, 6.07) is 3.52. The number of ether oxygens (including phenoxy) is 1. The molecule has 0 aromatic carbocycles. The Kier molecular flexibility index (Phi) is 4.99. The maximum atomic E-state index is 13.0. The van der Waals surface area contributed by atoms with Gasteiger partial charge in [0.1, 0.15) is 5.82 Å². The standard InChI is InChI=1S/C17H23N3O4/c1-12-9-13(17(22)23)11-20(10-12)16(21)14-3-2-4-18-15(14)19-5-7-24-8-6-19/h2-4,12-13H,5-11H2,1H3,(H,22,23). The molecule has 7 heteroatoms. The first kappa shape index (κ1) is 16.7. The van der Waals surface area contributed by atoms with Crippen LogP contribution in [0.3, 0.4) is 0 Å². The van der Waals surface area contributed by atoms with Crippen LogP contribution in [0.2, 0.25) is 0 Å². The second kappa shape index (κ2) is 7.17. The van der Waals surface area contributed by atoms with Crippen molar-refractivity contribution in [3.8, 4) is 0 Å². The van der Waals surface area contributed by atoms with Crippen LogP contribution in [0.15, 0.2) is 18.3 Å². The van der Waals surface area contributed by atoms with Crippen LogP contribution in [0, 0.1) is 11.8 Å². The molecule has 0 radical (unpaired) electrons. The zero-order chi connectivity index (χ0) is 17.1. The fourth-order valence-electron chi connectivity index (χ4n) is 3.46. The quantitative estimate of drug-likeness (QED) is 0.892. The van der Waals surface area contributed by atoms with E-state index in [0.717, 1.165) is 0 Å². The molecular weight excluding hydrogens is 310 g/mol. The van der Waals surface area contributed by atoms with Crippen molar-refractivity contribution in [2.45, 2.75) is 13.3 Å². The van der Waals surface area contributed by atoms with Crippen LogP contribution in [-0.2, 0) is 9.53 Å². The number of anilines is 1. The highest BCUT2D eigenvalue weighted by atomic mass is 16.5. The third-order valence-electron chi connectivity index (χ3n) is 4.62. The molecule has 0 bridgehead atoms. The Labute approximate surface area is 141 Å². The molecule has 130 valence electrons. The van der Waals surface area contributed by atoms with E-state index in [4.69, 9.17) is 4.74 Å². The lowest BCUT2D eigenvalue weighted by Crippen LogP contribution is -2.46. The lowest BCUT2D eigenvalue weighted by atomic mass is 9.90. The number of carbonyl (C=O) groups excluding carboxylic acids is 1. The molecule has 2 saturated heterocycles. The van der Waals surface area contributed by atoms with Crippen molar-refractivity contribution in [2.24, 2.45) is 11.8 Å². The first-order valence-electron chi connectivity index (χ1n) is 8.36. The van der Waals surface area contributed by atoms with Crippen molar-refractivity contribution in [3.63, 3.8) is 0 Å². The number of hydrogen-bond acceptors (Lipinski definition) is 5. The van der Waals surface area contributed by atoms with Gasteiger partial charge in [-0.05, 0) is 24.5 Å². The summed E-state index contributed by atoms with van der Waals surface area (Å²) in [7, 11) is 0. The van der Waals surface area contributed by atoms with Gasteiger partial charge in [0.05, 0.1) is 24.7 Å². The minimum absolute atomic E-state index is 0.137. The van der Waals surface area contributed by atoms with Crippen molar-refractivity contribution in [2.75, 3.05) is 44.3 Å². The van der Waals surface area contributed by atoms with Crippen molar-refractivity contribution in [3.05, 3.63) is 23.9 Å². The van der Waals surface area contributed by atoms with Crippen LogP contribution in [0.1, 0.15) is 23.7 Å². The molecule has 2 unspecified atom stereocenters. The number of piperidine rings is 1. The molecule has 2 aliphatic rings. The Morgan fingerprint density at radius 1 is 1.29 bits per heavy atom. The highest BCUT2D eigenvalue weighted by molar-refractivity contribution is 5.99. The molecule has 2 fully saturated rings. The van der Waals surface area contributed by atoms with E-state index in [-0.39, 0.29) is 18.4 Å². The maximum absolute atomic E-state index is 13.0. The molecule has 1 aromatic heterocycles. The van der Waals surface area contributed by atoms with E-state index in [0.29, 0.717) is 50.7 Å². The van der Waals surface area contributed by atoms with Gasteiger partial charge in [-0.2, -0.15) is 0 Å². The smallest absolute Gasteiger partial charge is 0.308 e. The monoisotopic (exact) mass is 333 g/mol. The van der Waals surface area contributed by atoms with Gasteiger partial charge < -0.3 is 19.6 Å². The van der Waals surface area contributed by atoms with Gasteiger partial charge in [-0.1, -0.05) is 6.92 Å². The van der Waals surface area contributed by atoms with E-state index in [9.17, 15) is 14.7 Å². The maximum Gasteiger partial charge on any atom is 0.308 e. The van der Waals surface area contributed by atoms with Crippen LogP contribution >= 0.6 is 0 Å². The summed E-state index contributed by atoms with van der Waals surface area (Å²) in [5.41, 5.74) is 0.539. The molecule has 1 aromatic rings. The number of hydrogen-bond donors (Lipinski definition) is 1. The Hall–Kier alpha value is -2.15. The Balaban J connectivity index is 1.83. The number of amides is 1. The van der Waals surface area contributed by atoms with Crippen LogP contribution in [0.5, 0.6) is 0 Å². The van der Waals surface area contributed by atoms with Crippen molar-refractivity contribution < 1.29 is 19.4 Å². The zero-order valence-electron chi connectivity index (χ0n) is 13.9. The SMILES string of the molecule is CC1CC(C(=O)O)CN(C(=O)c2cccnc2N2CCOCC2)C1. The summed E-state index contributed by atoms with van der Waals surface area (Å²) < 4.78 is 5.36. The van der Waals surface area contributed by atoms with Gasteiger partial charge in [0.2, 0.25) is 0 Å². The van der Waals surface area contributed by atoms with Gasteiger partial charge in [0.25, 0.3) is 5.91 Å².